The Morgan fingerprint density at radius 3 is 2.03 bits per heavy atom. The summed E-state index contributed by atoms with van der Waals surface area (Å²) in [5.74, 6) is 0.740. The number of ether oxygens (including phenoxy) is 2. The molecule has 0 aromatic heterocycles. The summed E-state index contributed by atoms with van der Waals surface area (Å²) in [5, 5.41) is 5.68. The topological polar surface area (TPSA) is 76.7 Å². The summed E-state index contributed by atoms with van der Waals surface area (Å²) in [7, 11) is 0. The Labute approximate surface area is 224 Å². The number of hydrogen-bond acceptors (Lipinski definition) is 4. The molecule has 4 aromatic carbocycles. The van der Waals surface area contributed by atoms with E-state index in [0.717, 1.165) is 21.3 Å². The molecular weight excluding hydrogens is 532 g/mol. The Bertz CT molecular complexity index is 1280. The molecule has 2 amide bonds. The van der Waals surface area contributed by atoms with Gasteiger partial charge in [0.25, 0.3) is 0 Å². The van der Waals surface area contributed by atoms with Gasteiger partial charge in [0.15, 0.2) is 0 Å². The second kappa shape index (κ2) is 13.4. The summed E-state index contributed by atoms with van der Waals surface area (Å²) in [6.07, 6.45) is 0.154. The average Bonchev–Trinajstić information content (AvgIpc) is 2.92. The first kappa shape index (κ1) is 26.1. The minimum absolute atomic E-state index is 0.0298. The number of nitrogens with one attached hydrogen (secondary N) is 2. The van der Waals surface area contributed by atoms with Gasteiger partial charge in [0, 0.05) is 10.2 Å². The highest BCUT2D eigenvalue weighted by Crippen LogP contribution is 2.22. The number of halogens is 1. The maximum absolute atomic E-state index is 13.1. The third-order valence-electron chi connectivity index (χ3n) is 5.43. The predicted octanol–water partition coefficient (Wildman–Crippen LogP) is 6.12. The van der Waals surface area contributed by atoms with E-state index in [1.807, 2.05) is 84.9 Å². The number of hydrogen-bond donors (Lipinski definition) is 2. The van der Waals surface area contributed by atoms with E-state index >= 15 is 0 Å². The molecule has 4 rings (SSSR count). The van der Waals surface area contributed by atoms with E-state index in [4.69, 9.17) is 9.47 Å². The minimum Gasteiger partial charge on any atom is -0.457 e. The van der Waals surface area contributed by atoms with Crippen molar-refractivity contribution < 1.29 is 19.1 Å². The molecular formula is C30H27BrN2O4. The molecule has 0 aliphatic heterocycles. The lowest BCUT2D eigenvalue weighted by Gasteiger charge is -2.19. The van der Waals surface area contributed by atoms with Gasteiger partial charge >= 0.3 is 0 Å². The van der Waals surface area contributed by atoms with Crippen molar-refractivity contribution in [3.8, 4) is 11.5 Å². The van der Waals surface area contributed by atoms with Crippen molar-refractivity contribution in [2.24, 2.45) is 0 Å². The van der Waals surface area contributed by atoms with Gasteiger partial charge in [-0.3, -0.25) is 9.59 Å². The maximum Gasteiger partial charge on any atom is 0.249 e. The van der Waals surface area contributed by atoms with E-state index in [0.29, 0.717) is 18.0 Å². The molecule has 2 N–H and O–H groups in total. The zero-order valence-corrected chi connectivity index (χ0v) is 21.7. The van der Waals surface area contributed by atoms with Crippen LogP contribution in [0.25, 0.3) is 0 Å². The molecule has 0 fully saturated rings. The molecule has 7 heteroatoms. The SMILES string of the molecule is O=C(Cc1ccc(Br)cc1)NC(COCc1ccccc1)C(=O)Nc1ccc(Oc2ccccc2)cc1. The van der Waals surface area contributed by atoms with Gasteiger partial charge in [0.2, 0.25) is 11.8 Å². The number of anilines is 1. The molecule has 1 unspecified atom stereocenters. The fraction of sp³-hybridized carbons (Fsp3) is 0.133. The first-order valence-corrected chi connectivity index (χ1v) is 12.6. The van der Waals surface area contributed by atoms with Gasteiger partial charge in [-0.1, -0.05) is 76.6 Å². The zero-order valence-electron chi connectivity index (χ0n) is 20.1. The third kappa shape index (κ3) is 8.59. The first-order chi connectivity index (χ1) is 18.0. The summed E-state index contributed by atoms with van der Waals surface area (Å²) < 4.78 is 12.5. The summed E-state index contributed by atoms with van der Waals surface area (Å²) in [6.45, 7) is 0.362. The van der Waals surface area contributed by atoms with Crippen LogP contribution in [-0.4, -0.2) is 24.5 Å². The summed E-state index contributed by atoms with van der Waals surface area (Å²) in [4.78, 5) is 25.9. The molecule has 188 valence electrons. The van der Waals surface area contributed by atoms with Crippen molar-refractivity contribution >= 4 is 33.4 Å². The Hall–Kier alpha value is -3.94. The molecule has 1 atom stereocenters. The second-order valence-corrected chi connectivity index (χ2v) is 9.27. The Morgan fingerprint density at radius 1 is 0.730 bits per heavy atom. The van der Waals surface area contributed by atoms with Crippen LogP contribution in [0.5, 0.6) is 11.5 Å². The largest absolute Gasteiger partial charge is 0.457 e. The van der Waals surface area contributed by atoms with Gasteiger partial charge < -0.3 is 20.1 Å². The number of carbonyl (C=O) groups is 2. The maximum atomic E-state index is 13.1. The Balaban J connectivity index is 1.38. The van der Waals surface area contributed by atoms with Gasteiger partial charge in [0.1, 0.15) is 17.5 Å². The smallest absolute Gasteiger partial charge is 0.249 e. The Morgan fingerprint density at radius 2 is 1.35 bits per heavy atom. The molecule has 0 saturated heterocycles. The number of benzene rings is 4. The van der Waals surface area contributed by atoms with E-state index < -0.39 is 6.04 Å². The van der Waals surface area contributed by atoms with Crippen molar-refractivity contribution in [3.05, 3.63) is 125 Å². The van der Waals surface area contributed by atoms with Crippen LogP contribution in [0.15, 0.2) is 114 Å². The van der Waals surface area contributed by atoms with Gasteiger partial charge in [-0.2, -0.15) is 0 Å². The molecule has 0 bridgehead atoms. The normalized spacial score (nSPS) is 11.4. The Kier molecular flexibility index (Phi) is 9.46. The monoisotopic (exact) mass is 558 g/mol. The van der Waals surface area contributed by atoms with Crippen LogP contribution in [-0.2, 0) is 27.4 Å². The van der Waals surface area contributed by atoms with Crippen LogP contribution < -0.4 is 15.4 Å². The number of rotatable bonds is 11. The molecule has 37 heavy (non-hydrogen) atoms. The van der Waals surface area contributed by atoms with Crippen molar-refractivity contribution in [1.82, 2.24) is 5.32 Å². The van der Waals surface area contributed by atoms with E-state index in [1.54, 1.807) is 24.3 Å². The fourth-order valence-electron chi connectivity index (χ4n) is 3.55. The molecule has 0 aliphatic carbocycles. The van der Waals surface area contributed by atoms with Crippen LogP contribution in [0.2, 0.25) is 0 Å². The van der Waals surface area contributed by atoms with Crippen molar-refractivity contribution in [2.75, 3.05) is 11.9 Å². The molecule has 0 heterocycles. The van der Waals surface area contributed by atoms with Crippen molar-refractivity contribution in [2.45, 2.75) is 19.1 Å². The van der Waals surface area contributed by atoms with E-state index in [9.17, 15) is 9.59 Å². The number of para-hydroxylation sites is 1. The summed E-state index contributed by atoms with van der Waals surface area (Å²) in [5.41, 5.74) is 2.41. The lowest BCUT2D eigenvalue weighted by Crippen LogP contribution is -2.47. The fourth-order valence-corrected chi connectivity index (χ4v) is 3.81. The van der Waals surface area contributed by atoms with E-state index in [2.05, 4.69) is 26.6 Å². The third-order valence-corrected chi connectivity index (χ3v) is 5.96. The summed E-state index contributed by atoms with van der Waals surface area (Å²) >= 11 is 3.39. The van der Waals surface area contributed by atoms with E-state index in [-0.39, 0.29) is 24.8 Å². The standard InChI is InChI=1S/C30H27BrN2O4/c31-24-13-11-22(12-14-24)19-29(34)33-28(21-36-20-23-7-3-1-4-8-23)30(35)32-25-15-17-27(18-16-25)37-26-9-5-2-6-10-26/h1-18,28H,19-21H2,(H,32,35)(H,33,34). The molecule has 0 aliphatic rings. The van der Waals surface area contributed by atoms with Gasteiger partial charge in [-0.25, -0.2) is 0 Å². The van der Waals surface area contributed by atoms with Crippen LogP contribution in [0.1, 0.15) is 11.1 Å². The lowest BCUT2D eigenvalue weighted by molar-refractivity contribution is -0.127. The highest BCUT2D eigenvalue weighted by molar-refractivity contribution is 9.10. The van der Waals surface area contributed by atoms with E-state index in [1.165, 1.54) is 0 Å². The second-order valence-electron chi connectivity index (χ2n) is 8.35. The van der Waals surface area contributed by atoms with Gasteiger partial charge in [-0.15, -0.1) is 0 Å². The van der Waals surface area contributed by atoms with Gasteiger partial charge in [0.05, 0.1) is 19.6 Å². The highest BCUT2D eigenvalue weighted by Gasteiger charge is 2.22. The number of amides is 2. The quantitative estimate of drug-likeness (QED) is 0.232. The predicted molar refractivity (Wildman–Crippen MR) is 147 cm³/mol. The molecule has 0 radical (unpaired) electrons. The van der Waals surface area contributed by atoms with Crippen LogP contribution in [0.4, 0.5) is 5.69 Å². The van der Waals surface area contributed by atoms with Crippen molar-refractivity contribution in [3.63, 3.8) is 0 Å². The van der Waals surface area contributed by atoms with Crippen molar-refractivity contribution in [1.29, 1.82) is 0 Å². The molecule has 0 spiro atoms. The molecule has 4 aromatic rings. The van der Waals surface area contributed by atoms with Crippen LogP contribution in [0, 0.1) is 0 Å². The minimum atomic E-state index is -0.869. The molecule has 6 nitrogen and oxygen atoms in total. The summed E-state index contributed by atoms with van der Waals surface area (Å²) in [6, 6.07) is 32.8. The average molecular weight is 559 g/mol. The number of carbonyl (C=O) groups excluding carboxylic acids is 2. The van der Waals surface area contributed by atoms with Crippen LogP contribution >= 0.6 is 15.9 Å². The van der Waals surface area contributed by atoms with Gasteiger partial charge in [-0.05, 0) is 59.7 Å². The first-order valence-electron chi connectivity index (χ1n) is 11.8. The molecule has 0 saturated carbocycles. The lowest BCUT2D eigenvalue weighted by atomic mass is 10.1. The highest BCUT2D eigenvalue weighted by atomic mass is 79.9. The van der Waals surface area contributed by atoms with Crippen LogP contribution in [0.3, 0.4) is 0 Å². The zero-order chi connectivity index (χ0) is 25.9.